The summed E-state index contributed by atoms with van der Waals surface area (Å²) >= 11 is 0. The van der Waals surface area contributed by atoms with E-state index in [0.29, 0.717) is 0 Å². The van der Waals surface area contributed by atoms with Gasteiger partial charge in [0.2, 0.25) is 0 Å². The Kier molecular flexibility index (Phi) is 5.88. The number of carbonyl (C=O) groups is 1. The zero-order chi connectivity index (χ0) is 12.8. The molecule has 0 bridgehead atoms. The van der Waals surface area contributed by atoms with Gasteiger partial charge in [-0.1, -0.05) is 13.8 Å². The van der Waals surface area contributed by atoms with E-state index >= 15 is 0 Å². The molecule has 1 rings (SSSR count). The quantitative estimate of drug-likeness (QED) is 0.419. The van der Waals surface area contributed by atoms with Crippen molar-refractivity contribution < 1.29 is 9.53 Å². The summed E-state index contributed by atoms with van der Waals surface area (Å²) in [5.74, 6) is 5.40. The van der Waals surface area contributed by atoms with Crippen LogP contribution in [0.5, 0.6) is 0 Å². The van der Waals surface area contributed by atoms with E-state index in [0.717, 1.165) is 32.5 Å². The van der Waals surface area contributed by atoms with E-state index in [4.69, 9.17) is 10.6 Å². The molecule has 0 saturated carbocycles. The highest BCUT2D eigenvalue weighted by molar-refractivity contribution is 5.81. The van der Waals surface area contributed by atoms with Crippen molar-refractivity contribution in [1.29, 1.82) is 0 Å². The van der Waals surface area contributed by atoms with Crippen molar-refractivity contribution in [3.8, 4) is 0 Å². The van der Waals surface area contributed by atoms with Gasteiger partial charge in [0.15, 0.2) is 0 Å². The largest absolute Gasteiger partial charge is 0.377 e. The van der Waals surface area contributed by atoms with Gasteiger partial charge in [0, 0.05) is 13.2 Å². The van der Waals surface area contributed by atoms with E-state index in [1.807, 2.05) is 20.8 Å². The van der Waals surface area contributed by atoms with Crippen molar-refractivity contribution in [3.05, 3.63) is 0 Å². The number of likely N-dealkylation sites (tertiary alicyclic amines) is 1. The second kappa shape index (κ2) is 6.93. The maximum atomic E-state index is 11.8. The van der Waals surface area contributed by atoms with E-state index in [-0.39, 0.29) is 24.0 Å². The summed E-state index contributed by atoms with van der Waals surface area (Å²) in [6, 6.07) is -0.150. The fraction of sp³-hybridized carbons (Fsp3) is 0.917. The lowest BCUT2D eigenvalue weighted by atomic mass is 9.98. The van der Waals surface area contributed by atoms with Crippen molar-refractivity contribution in [1.82, 2.24) is 10.3 Å². The van der Waals surface area contributed by atoms with Gasteiger partial charge in [-0.05, 0) is 32.2 Å². The first-order valence-electron chi connectivity index (χ1n) is 6.46. The lowest BCUT2D eigenvalue weighted by Gasteiger charge is -2.38. The van der Waals surface area contributed by atoms with Gasteiger partial charge in [-0.2, -0.15) is 0 Å². The van der Waals surface area contributed by atoms with Crippen LogP contribution in [0.25, 0.3) is 0 Å². The monoisotopic (exact) mass is 243 g/mol. The van der Waals surface area contributed by atoms with E-state index in [1.165, 1.54) is 0 Å². The minimum absolute atomic E-state index is 0.0999. The molecule has 100 valence electrons. The van der Waals surface area contributed by atoms with Crippen molar-refractivity contribution in [2.24, 2.45) is 11.8 Å². The number of nitrogens with zero attached hydrogens (tertiary/aromatic N) is 1. The molecule has 0 aromatic rings. The number of nitrogens with one attached hydrogen (secondary N) is 1. The number of carbonyl (C=O) groups excluding carboxylic acids is 1. The van der Waals surface area contributed by atoms with Gasteiger partial charge < -0.3 is 4.74 Å². The summed E-state index contributed by atoms with van der Waals surface area (Å²) in [6.07, 6.45) is 2.41. The first kappa shape index (κ1) is 14.4. The zero-order valence-corrected chi connectivity index (χ0v) is 11.1. The van der Waals surface area contributed by atoms with Crippen LogP contribution in [-0.2, 0) is 9.53 Å². The van der Waals surface area contributed by atoms with Crippen molar-refractivity contribution >= 4 is 5.91 Å². The molecule has 0 radical (unpaired) electrons. The first-order chi connectivity index (χ1) is 8.10. The molecule has 17 heavy (non-hydrogen) atoms. The summed E-state index contributed by atoms with van der Waals surface area (Å²) in [5, 5.41) is 0. The van der Waals surface area contributed by atoms with Gasteiger partial charge in [-0.25, -0.2) is 5.84 Å². The SMILES string of the molecule is CCOC1CCCN(C(C(=O)NN)C(C)C)C1. The van der Waals surface area contributed by atoms with Crippen LogP contribution in [0.15, 0.2) is 0 Å². The van der Waals surface area contributed by atoms with Gasteiger partial charge in [0.05, 0.1) is 12.1 Å². The summed E-state index contributed by atoms with van der Waals surface area (Å²) in [7, 11) is 0. The molecule has 2 unspecified atom stereocenters. The minimum atomic E-state index is -0.150. The fourth-order valence-corrected chi connectivity index (χ4v) is 2.57. The van der Waals surface area contributed by atoms with Crippen LogP contribution >= 0.6 is 0 Å². The normalized spacial score (nSPS) is 23.7. The number of ether oxygens (including phenoxy) is 1. The summed E-state index contributed by atoms with van der Waals surface area (Å²) in [6.45, 7) is 8.59. The van der Waals surface area contributed by atoms with Crippen LogP contribution in [-0.4, -0.2) is 42.6 Å². The van der Waals surface area contributed by atoms with Gasteiger partial charge in [-0.15, -0.1) is 0 Å². The highest BCUT2D eigenvalue weighted by atomic mass is 16.5. The van der Waals surface area contributed by atoms with Crippen LogP contribution in [0.2, 0.25) is 0 Å². The molecular weight excluding hydrogens is 218 g/mol. The number of rotatable bonds is 5. The molecule has 1 heterocycles. The molecule has 0 aromatic heterocycles. The lowest BCUT2D eigenvalue weighted by molar-refractivity contribution is -0.130. The maximum absolute atomic E-state index is 11.8. The first-order valence-corrected chi connectivity index (χ1v) is 6.46. The number of hydrogen-bond acceptors (Lipinski definition) is 4. The number of hydrazine groups is 1. The Labute approximate surface area is 104 Å². The van der Waals surface area contributed by atoms with Gasteiger partial charge in [0.25, 0.3) is 5.91 Å². The predicted octanol–water partition coefficient (Wildman–Crippen LogP) is 0.502. The second-order valence-electron chi connectivity index (χ2n) is 4.91. The number of piperidine rings is 1. The van der Waals surface area contributed by atoms with Crippen molar-refractivity contribution in [2.45, 2.75) is 45.8 Å². The molecular formula is C12H25N3O2. The molecule has 0 aliphatic carbocycles. The van der Waals surface area contributed by atoms with Gasteiger partial charge in [0.1, 0.15) is 0 Å². The molecule has 1 fully saturated rings. The Hall–Kier alpha value is -0.650. The van der Waals surface area contributed by atoms with E-state index < -0.39 is 0 Å². The molecule has 0 spiro atoms. The van der Waals surface area contributed by atoms with Gasteiger partial charge in [-0.3, -0.25) is 15.1 Å². The third-order valence-corrected chi connectivity index (χ3v) is 3.25. The molecule has 1 aliphatic rings. The molecule has 3 N–H and O–H groups in total. The molecule has 5 nitrogen and oxygen atoms in total. The van der Waals surface area contributed by atoms with E-state index in [9.17, 15) is 4.79 Å². The van der Waals surface area contributed by atoms with Crippen LogP contribution in [0.3, 0.4) is 0 Å². The highest BCUT2D eigenvalue weighted by Crippen LogP contribution is 2.19. The summed E-state index contributed by atoms with van der Waals surface area (Å²) in [4.78, 5) is 14.0. The van der Waals surface area contributed by atoms with Crippen LogP contribution < -0.4 is 11.3 Å². The summed E-state index contributed by atoms with van der Waals surface area (Å²) in [5.41, 5.74) is 2.27. The third-order valence-electron chi connectivity index (χ3n) is 3.25. The number of hydrogen-bond donors (Lipinski definition) is 2. The molecule has 2 atom stereocenters. The van der Waals surface area contributed by atoms with Crippen molar-refractivity contribution in [3.63, 3.8) is 0 Å². The standard InChI is InChI=1S/C12H25N3O2/c1-4-17-10-6-5-7-15(8-10)11(9(2)3)12(16)14-13/h9-11H,4-8,13H2,1-3H3,(H,14,16). The minimum Gasteiger partial charge on any atom is -0.377 e. The lowest BCUT2D eigenvalue weighted by Crippen LogP contribution is -2.55. The van der Waals surface area contributed by atoms with Crippen LogP contribution in [0, 0.1) is 5.92 Å². The van der Waals surface area contributed by atoms with E-state index in [2.05, 4.69) is 10.3 Å². The molecule has 5 heteroatoms. The predicted molar refractivity (Wildman–Crippen MR) is 67.2 cm³/mol. The molecule has 1 aliphatic heterocycles. The Morgan fingerprint density at radius 3 is 2.82 bits per heavy atom. The van der Waals surface area contributed by atoms with Crippen LogP contribution in [0.4, 0.5) is 0 Å². The average Bonchev–Trinajstić information content (AvgIpc) is 2.29. The zero-order valence-electron chi connectivity index (χ0n) is 11.1. The molecule has 1 amide bonds. The number of amides is 1. The van der Waals surface area contributed by atoms with E-state index in [1.54, 1.807) is 0 Å². The fourth-order valence-electron chi connectivity index (χ4n) is 2.57. The topological polar surface area (TPSA) is 67.6 Å². The Morgan fingerprint density at radius 2 is 2.29 bits per heavy atom. The maximum Gasteiger partial charge on any atom is 0.251 e. The Morgan fingerprint density at radius 1 is 1.59 bits per heavy atom. The summed E-state index contributed by atoms with van der Waals surface area (Å²) < 4.78 is 5.65. The Balaban J connectivity index is 2.64. The second-order valence-corrected chi connectivity index (χ2v) is 4.91. The Bertz CT molecular complexity index is 244. The van der Waals surface area contributed by atoms with Crippen molar-refractivity contribution in [2.75, 3.05) is 19.7 Å². The number of nitrogens with two attached hydrogens (primary N) is 1. The highest BCUT2D eigenvalue weighted by Gasteiger charge is 2.32. The third kappa shape index (κ3) is 3.94. The molecule has 0 aromatic carbocycles. The van der Waals surface area contributed by atoms with Gasteiger partial charge >= 0.3 is 0 Å². The molecule has 1 saturated heterocycles. The van der Waals surface area contributed by atoms with Crippen LogP contribution in [0.1, 0.15) is 33.6 Å². The average molecular weight is 243 g/mol. The smallest absolute Gasteiger partial charge is 0.251 e.